The molecule has 8 heteroatoms. The van der Waals surface area contributed by atoms with Gasteiger partial charge >= 0.3 is 5.97 Å². The van der Waals surface area contributed by atoms with Crippen LogP contribution in [0, 0.1) is 10.1 Å². The molecule has 0 atom stereocenters. The van der Waals surface area contributed by atoms with Gasteiger partial charge in [0.05, 0.1) is 35.0 Å². The summed E-state index contributed by atoms with van der Waals surface area (Å²) in [5.41, 5.74) is 1.18. The first-order valence-electron chi connectivity index (χ1n) is 7.21. The fourth-order valence-corrected chi connectivity index (χ4v) is 2.40. The number of benzene rings is 2. The highest BCUT2D eigenvalue weighted by atomic mass is 16.6. The third-order valence-corrected chi connectivity index (χ3v) is 3.67. The molecule has 0 aliphatic heterocycles. The molecule has 0 spiro atoms. The molecule has 0 unspecified atom stereocenters. The number of aromatic carboxylic acids is 1. The number of aromatic nitrogens is 2. The second-order valence-corrected chi connectivity index (χ2v) is 5.17. The van der Waals surface area contributed by atoms with E-state index in [9.17, 15) is 14.9 Å². The second-order valence-electron chi connectivity index (χ2n) is 5.17. The third kappa shape index (κ3) is 3.18. The quantitative estimate of drug-likeness (QED) is 0.565. The highest BCUT2D eigenvalue weighted by Gasteiger charge is 2.19. The molecule has 0 saturated carbocycles. The maximum atomic E-state index is 11.2. The van der Waals surface area contributed by atoms with Crippen molar-refractivity contribution in [2.45, 2.75) is 0 Å². The van der Waals surface area contributed by atoms with Crippen LogP contribution in [0.1, 0.15) is 10.4 Å². The fourth-order valence-electron chi connectivity index (χ4n) is 2.40. The van der Waals surface area contributed by atoms with E-state index in [2.05, 4.69) is 5.10 Å². The molecule has 3 rings (SSSR count). The van der Waals surface area contributed by atoms with E-state index in [1.165, 1.54) is 24.4 Å². The van der Waals surface area contributed by atoms with Crippen molar-refractivity contribution in [2.75, 3.05) is 7.11 Å². The van der Waals surface area contributed by atoms with Gasteiger partial charge in [-0.1, -0.05) is 0 Å². The summed E-state index contributed by atoms with van der Waals surface area (Å²) in [6.45, 7) is 0. The molecule has 0 amide bonds. The monoisotopic (exact) mass is 339 g/mol. The zero-order valence-corrected chi connectivity index (χ0v) is 13.1. The van der Waals surface area contributed by atoms with Gasteiger partial charge < -0.3 is 9.84 Å². The van der Waals surface area contributed by atoms with Crippen LogP contribution in [0.25, 0.3) is 16.8 Å². The molecule has 1 aromatic heterocycles. The number of hydrogen-bond donors (Lipinski definition) is 1. The van der Waals surface area contributed by atoms with Gasteiger partial charge in [-0.2, -0.15) is 5.10 Å². The predicted octanol–water partition coefficient (Wildman–Crippen LogP) is 3.15. The maximum absolute atomic E-state index is 11.2. The fraction of sp³-hybridized carbons (Fsp3) is 0.0588. The van der Waals surface area contributed by atoms with Crippen LogP contribution < -0.4 is 4.74 Å². The van der Waals surface area contributed by atoms with Crippen LogP contribution in [0.5, 0.6) is 5.75 Å². The van der Waals surface area contributed by atoms with E-state index in [-0.39, 0.29) is 16.8 Å². The molecule has 25 heavy (non-hydrogen) atoms. The van der Waals surface area contributed by atoms with Gasteiger partial charge in [-0.25, -0.2) is 9.48 Å². The zero-order valence-electron chi connectivity index (χ0n) is 13.1. The van der Waals surface area contributed by atoms with E-state index in [4.69, 9.17) is 9.84 Å². The number of hydrogen-bond acceptors (Lipinski definition) is 5. The molecule has 2 aromatic carbocycles. The van der Waals surface area contributed by atoms with Gasteiger partial charge in [0, 0.05) is 17.8 Å². The lowest BCUT2D eigenvalue weighted by atomic mass is 10.0. The van der Waals surface area contributed by atoms with Crippen LogP contribution >= 0.6 is 0 Å². The Bertz CT molecular complexity index is 947. The van der Waals surface area contributed by atoms with Crippen molar-refractivity contribution in [3.05, 3.63) is 70.5 Å². The number of nitro groups is 1. The number of ether oxygens (including phenoxy) is 1. The van der Waals surface area contributed by atoms with E-state index in [0.717, 1.165) is 5.69 Å². The van der Waals surface area contributed by atoms with Crippen LogP contribution in [-0.2, 0) is 0 Å². The smallest absolute Gasteiger partial charge is 0.335 e. The zero-order chi connectivity index (χ0) is 18.0. The number of methoxy groups -OCH3 is 1. The lowest BCUT2D eigenvalue weighted by Gasteiger charge is -2.04. The summed E-state index contributed by atoms with van der Waals surface area (Å²) in [7, 11) is 1.57. The van der Waals surface area contributed by atoms with Crippen molar-refractivity contribution < 1.29 is 19.6 Å². The summed E-state index contributed by atoms with van der Waals surface area (Å²) in [5, 5.41) is 24.6. The Kier molecular flexibility index (Phi) is 4.17. The summed E-state index contributed by atoms with van der Waals surface area (Å²) in [6.07, 6.45) is 3.06. The minimum Gasteiger partial charge on any atom is -0.497 e. The van der Waals surface area contributed by atoms with Gasteiger partial charge in [0.1, 0.15) is 5.75 Å². The number of nitrogens with zero attached hydrogens (tertiary/aromatic N) is 3. The SMILES string of the molecule is COc1ccc(-n2cc(-c3cc(C(=O)O)ccc3[N+](=O)[O-])cn2)cc1. The highest BCUT2D eigenvalue weighted by Crippen LogP contribution is 2.31. The summed E-state index contributed by atoms with van der Waals surface area (Å²) in [4.78, 5) is 21.8. The van der Waals surface area contributed by atoms with E-state index in [1.807, 2.05) is 0 Å². The van der Waals surface area contributed by atoms with Crippen molar-refractivity contribution in [2.24, 2.45) is 0 Å². The summed E-state index contributed by atoms with van der Waals surface area (Å²) >= 11 is 0. The van der Waals surface area contributed by atoms with Crippen LogP contribution in [-0.4, -0.2) is 32.9 Å². The van der Waals surface area contributed by atoms with E-state index in [0.29, 0.717) is 11.3 Å². The summed E-state index contributed by atoms with van der Waals surface area (Å²) < 4.78 is 6.64. The van der Waals surface area contributed by atoms with Gasteiger partial charge in [-0.05, 0) is 36.4 Å². The van der Waals surface area contributed by atoms with Crippen molar-refractivity contribution in [3.8, 4) is 22.6 Å². The minimum absolute atomic E-state index is 0.0298. The number of carboxylic acid groups (broad SMARTS) is 1. The Morgan fingerprint density at radius 1 is 1.24 bits per heavy atom. The molecule has 126 valence electrons. The van der Waals surface area contributed by atoms with Crippen molar-refractivity contribution >= 4 is 11.7 Å². The van der Waals surface area contributed by atoms with Gasteiger partial charge in [0.25, 0.3) is 5.69 Å². The van der Waals surface area contributed by atoms with Crippen molar-refractivity contribution in [1.29, 1.82) is 0 Å². The lowest BCUT2D eigenvalue weighted by Crippen LogP contribution is -1.99. The van der Waals surface area contributed by atoms with E-state index in [1.54, 1.807) is 42.3 Å². The molecule has 0 fully saturated rings. The molecule has 1 heterocycles. The van der Waals surface area contributed by atoms with Crippen molar-refractivity contribution in [3.63, 3.8) is 0 Å². The Balaban J connectivity index is 2.05. The molecular formula is C17H13N3O5. The van der Waals surface area contributed by atoms with E-state index >= 15 is 0 Å². The summed E-state index contributed by atoms with van der Waals surface area (Å²) in [6, 6.07) is 10.8. The number of carbonyl (C=O) groups is 1. The molecule has 1 N–H and O–H groups in total. The lowest BCUT2D eigenvalue weighted by molar-refractivity contribution is -0.384. The van der Waals surface area contributed by atoms with Gasteiger partial charge in [0.15, 0.2) is 0 Å². The Morgan fingerprint density at radius 3 is 2.56 bits per heavy atom. The molecule has 0 radical (unpaired) electrons. The molecule has 3 aromatic rings. The predicted molar refractivity (Wildman–Crippen MR) is 89.2 cm³/mol. The molecule has 0 aliphatic rings. The average molecular weight is 339 g/mol. The average Bonchev–Trinajstić information content (AvgIpc) is 3.11. The number of nitro benzene ring substituents is 1. The second kappa shape index (κ2) is 6.44. The first-order valence-corrected chi connectivity index (χ1v) is 7.21. The molecule has 8 nitrogen and oxygen atoms in total. The molecular weight excluding hydrogens is 326 g/mol. The molecule has 0 bridgehead atoms. The van der Waals surface area contributed by atoms with E-state index < -0.39 is 10.9 Å². The summed E-state index contributed by atoms with van der Waals surface area (Å²) in [5.74, 6) is -0.459. The standard InChI is InChI=1S/C17H13N3O5/c1-25-14-5-3-13(4-6-14)19-10-12(9-18-19)15-8-11(17(21)22)2-7-16(15)20(23)24/h2-10H,1H3,(H,21,22). The van der Waals surface area contributed by atoms with Gasteiger partial charge in [-0.15, -0.1) is 0 Å². The van der Waals surface area contributed by atoms with Crippen LogP contribution in [0.3, 0.4) is 0 Å². The number of carboxylic acids is 1. The largest absolute Gasteiger partial charge is 0.497 e. The highest BCUT2D eigenvalue weighted by molar-refractivity contribution is 5.91. The van der Waals surface area contributed by atoms with Crippen LogP contribution in [0.2, 0.25) is 0 Å². The van der Waals surface area contributed by atoms with Gasteiger partial charge in [-0.3, -0.25) is 10.1 Å². The topological polar surface area (TPSA) is 107 Å². The number of rotatable bonds is 5. The maximum Gasteiger partial charge on any atom is 0.335 e. The Hall–Kier alpha value is -3.68. The Labute approximate surface area is 142 Å². The van der Waals surface area contributed by atoms with Crippen molar-refractivity contribution in [1.82, 2.24) is 9.78 Å². The molecule has 0 aliphatic carbocycles. The Morgan fingerprint density at radius 2 is 1.96 bits per heavy atom. The van der Waals surface area contributed by atoms with Gasteiger partial charge in [0.2, 0.25) is 0 Å². The minimum atomic E-state index is -1.15. The molecule has 0 saturated heterocycles. The normalized spacial score (nSPS) is 10.4. The van der Waals surface area contributed by atoms with Crippen LogP contribution in [0.4, 0.5) is 5.69 Å². The first-order chi connectivity index (χ1) is 12.0. The first kappa shape index (κ1) is 16.2. The van der Waals surface area contributed by atoms with Crippen LogP contribution in [0.15, 0.2) is 54.9 Å². The third-order valence-electron chi connectivity index (χ3n) is 3.67.